The van der Waals surface area contributed by atoms with E-state index in [-0.39, 0.29) is 40.4 Å². The number of carbonyl (C=O) groups is 2. The molecule has 1 heterocycles. The molecule has 1 aliphatic heterocycles. The summed E-state index contributed by atoms with van der Waals surface area (Å²) >= 11 is 0. The van der Waals surface area contributed by atoms with Crippen LogP contribution in [0.25, 0.3) is 0 Å². The maximum Gasteiger partial charge on any atom is 0.338 e. The predicted octanol–water partition coefficient (Wildman–Crippen LogP) is 2.44. The summed E-state index contributed by atoms with van der Waals surface area (Å²) in [5, 5.41) is 78.2. The number of aldehydes is 1. The lowest BCUT2D eigenvalue weighted by Gasteiger charge is -2.34. The van der Waals surface area contributed by atoms with Gasteiger partial charge in [-0.15, -0.1) is 0 Å². The molecule has 8 N–H and O–H groups in total. The van der Waals surface area contributed by atoms with Gasteiger partial charge in [0.1, 0.15) is 29.6 Å². The third-order valence-corrected chi connectivity index (χ3v) is 5.15. The van der Waals surface area contributed by atoms with Crippen molar-refractivity contribution < 1.29 is 59.9 Å². The van der Waals surface area contributed by atoms with Crippen LogP contribution in [0.2, 0.25) is 0 Å². The van der Waals surface area contributed by atoms with Gasteiger partial charge < -0.3 is 55.1 Å². The fourth-order valence-corrected chi connectivity index (χ4v) is 3.55. The zero-order valence-electron chi connectivity index (χ0n) is 18.6. The summed E-state index contributed by atoms with van der Waals surface area (Å²) in [7, 11) is 0. The van der Waals surface area contributed by atoms with Crippen molar-refractivity contribution in [2.24, 2.45) is 0 Å². The van der Waals surface area contributed by atoms with E-state index in [1.807, 2.05) is 0 Å². The van der Waals surface area contributed by atoms with E-state index in [2.05, 4.69) is 0 Å². The van der Waals surface area contributed by atoms with Crippen molar-refractivity contribution in [3.63, 3.8) is 0 Å². The Labute approximate surface area is 203 Å². The molecule has 2 atom stereocenters. The van der Waals surface area contributed by atoms with Gasteiger partial charge in [-0.3, -0.25) is 0 Å². The van der Waals surface area contributed by atoms with Gasteiger partial charge in [-0.25, -0.2) is 4.79 Å². The van der Waals surface area contributed by atoms with Crippen LogP contribution in [0.4, 0.5) is 0 Å². The number of carbonyl (C=O) groups excluding carboxylic acids is 2. The summed E-state index contributed by atoms with van der Waals surface area (Å²) in [6, 6.07) is 6.18. The molecule has 0 radical (unpaired) electrons. The molecule has 0 aromatic heterocycles. The number of fused-ring (bicyclic) bond motifs is 1. The van der Waals surface area contributed by atoms with Crippen LogP contribution in [0, 0.1) is 0 Å². The number of hydrogen-bond acceptors (Lipinski definition) is 12. The van der Waals surface area contributed by atoms with E-state index < -0.39 is 52.7 Å². The lowest BCUT2D eigenvalue weighted by atomic mass is 9.93. The molecule has 0 fully saturated rings. The smallest absolute Gasteiger partial charge is 0.338 e. The molecule has 0 aliphatic carbocycles. The van der Waals surface area contributed by atoms with Crippen LogP contribution in [-0.4, -0.2) is 59.2 Å². The Balaban J connectivity index is 0.00000115. The van der Waals surface area contributed by atoms with Crippen LogP contribution in [0.1, 0.15) is 34.5 Å². The molecule has 36 heavy (non-hydrogen) atoms. The van der Waals surface area contributed by atoms with Gasteiger partial charge in [-0.2, -0.15) is 0 Å². The summed E-state index contributed by atoms with van der Waals surface area (Å²) in [5.74, 6) is -6.06. The zero-order valence-corrected chi connectivity index (χ0v) is 18.6. The number of rotatable bonds is 3. The Hall–Kier alpha value is -5.00. The minimum atomic E-state index is -1.18. The van der Waals surface area contributed by atoms with E-state index in [0.717, 1.165) is 36.6 Å². The maximum atomic E-state index is 12.7. The van der Waals surface area contributed by atoms with E-state index in [1.165, 1.54) is 13.0 Å². The van der Waals surface area contributed by atoms with Gasteiger partial charge in [0.05, 0.1) is 5.56 Å². The number of esters is 1. The summed E-state index contributed by atoms with van der Waals surface area (Å²) < 4.78 is 11.3. The Morgan fingerprint density at radius 3 is 1.86 bits per heavy atom. The van der Waals surface area contributed by atoms with Crippen molar-refractivity contribution in [3.8, 4) is 51.7 Å². The minimum absolute atomic E-state index is 0.0526. The van der Waals surface area contributed by atoms with Gasteiger partial charge in [0.15, 0.2) is 40.6 Å². The van der Waals surface area contributed by atoms with Crippen molar-refractivity contribution in [2.75, 3.05) is 0 Å². The molecule has 0 saturated carbocycles. The van der Waals surface area contributed by atoms with Gasteiger partial charge in [0.2, 0.25) is 0 Å². The number of ether oxygens (including phenoxy) is 2. The first-order valence-corrected chi connectivity index (χ1v) is 10.3. The number of benzene rings is 3. The van der Waals surface area contributed by atoms with Crippen LogP contribution >= 0.6 is 0 Å². The second-order valence-corrected chi connectivity index (χ2v) is 7.63. The first-order valence-electron chi connectivity index (χ1n) is 10.3. The Morgan fingerprint density at radius 2 is 1.33 bits per heavy atom. The molecule has 3 aromatic rings. The third-order valence-electron chi connectivity index (χ3n) is 5.15. The SMILES string of the molecule is CC=O.O=C(O[C@@H]1Cc2c(O)cc(O)cc2O[C@@H]1c1cc(O)c(O)c(O)c1)c1cc(O)c(O)c(O)c1. The third kappa shape index (κ3) is 5.06. The lowest BCUT2D eigenvalue weighted by Crippen LogP contribution is -2.34. The highest BCUT2D eigenvalue weighted by molar-refractivity contribution is 5.91. The van der Waals surface area contributed by atoms with Crippen molar-refractivity contribution in [1.29, 1.82) is 0 Å². The van der Waals surface area contributed by atoms with Crippen molar-refractivity contribution in [3.05, 3.63) is 53.1 Å². The van der Waals surface area contributed by atoms with Crippen LogP contribution in [0.3, 0.4) is 0 Å². The number of phenols is 8. The highest BCUT2D eigenvalue weighted by atomic mass is 16.6. The fourth-order valence-electron chi connectivity index (χ4n) is 3.55. The Kier molecular flexibility index (Phi) is 7.18. The normalized spacial score (nSPS) is 16.0. The predicted molar refractivity (Wildman–Crippen MR) is 121 cm³/mol. The quantitative estimate of drug-likeness (QED) is 0.147. The summed E-state index contributed by atoms with van der Waals surface area (Å²) in [6.07, 6.45) is -1.74. The Morgan fingerprint density at radius 1 is 0.833 bits per heavy atom. The summed E-state index contributed by atoms with van der Waals surface area (Å²) in [4.78, 5) is 21.5. The molecule has 4 rings (SSSR count). The second kappa shape index (κ2) is 10.1. The average molecular weight is 502 g/mol. The maximum absolute atomic E-state index is 12.7. The Bertz CT molecular complexity index is 1270. The molecule has 3 aromatic carbocycles. The first kappa shape index (κ1) is 25.6. The van der Waals surface area contributed by atoms with Crippen molar-refractivity contribution in [2.45, 2.75) is 25.6 Å². The van der Waals surface area contributed by atoms with Gasteiger partial charge >= 0.3 is 5.97 Å². The summed E-state index contributed by atoms with van der Waals surface area (Å²) in [5.41, 5.74) is -0.0189. The lowest BCUT2D eigenvalue weighted by molar-refractivity contribution is -0.106. The molecule has 0 amide bonds. The number of hydrogen-bond donors (Lipinski definition) is 8. The van der Waals surface area contributed by atoms with E-state index in [4.69, 9.17) is 14.3 Å². The number of aromatic hydroxyl groups is 8. The molecule has 0 unspecified atom stereocenters. The largest absolute Gasteiger partial charge is 0.508 e. The van der Waals surface area contributed by atoms with Crippen LogP contribution in [0.5, 0.6) is 51.7 Å². The molecule has 0 spiro atoms. The second-order valence-electron chi connectivity index (χ2n) is 7.63. The highest BCUT2D eigenvalue weighted by Crippen LogP contribution is 2.46. The molecule has 190 valence electrons. The van der Waals surface area contributed by atoms with Gasteiger partial charge in [0, 0.05) is 29.7 Å². The van der Waals surface area contributed by atoms with Gasteiger partial charge in [-0.1, -0.05) is 0 Å². The van der Waals surface area contributed by atoms with Crippen molar-refractivity contribution in [1.82, 2.24) is 0 Å². The highest BCUT2D eigenvalue weighted by Gasteiger charge is 2.37. The molecular weight excluding hydrogens is 480 g/mol. The molecule has 0 bridgehead atoms. The van der Waals surface area contributed by atoms with Gasteiger partial charge in [0.25, 0.3) is 0 Å². The van der Waals surface area contributed by atoms with E-state index >= 15 is 0 Å². The minimum Gasteiger partial charge on any atom is -0.508 e. The number of phenolic OH excluding ortho intramolecular Hbond substituents is 8. The van der Waals surface area contributed by atoms with E-state index in [1.54, 1.807) is 0 Å². The monoisotopic (exact) mass is 502 g/mol. The van der Waals surface area contributed by atoms with Gasteiger partial charge in [-0.05, 0) is 31.2 Å². The average Bonchev–Trinajstić information content (AvgIpc) is 2.80. The van der Waals surface area contributed by atoms with E-state index in [0.29, 0.717) is 0 Å². The molecule has 12 heteroatoms. The molecule has 1 aliphatic rings. The van der Waals surface area contributed by atoms with Crippen LogP contribution in [-0.2, 0) is 16.0 Å². The molecular formula is C24H22O12. The zero-order chi connectivity index (χ0) is 26.7. The van der Waals surface area contributed by atoms with E-state index in [9.17, 15) is 45.6 Å². The first-order chi connectivity index (χ1) is 17.0. The topological polar surface area (TPSA) is 214 Å². The van der Waals surface area contributed by atoms with Crippen LogP contribution < -0.4 is 4.74 Å². The molecule has 12 nitrogen and oxygen atoms in total. The fraction of sp³-hybridized carbons (Fsp3) is 0.167. The van der Waals surface area contributed by atoms with Crippen molar-refractivity contribution >= 4 is 12.3 Å². The standard InChI is InChI=1S/C22H18O11.C2H4O/c23-10-5-12(24)11-7-18(33-22(31)9-3-15(27)20(30)16(28)4-9)21(32-17(11)6-10)8-1-13(25)19(29)14(26)2-8;1-2-3/h1-6,18,21,23-30H,7H2;2H,1H3/t18-,21-;/m1./s1. The van der Waals surface area contributed by atoms with Crippen LogP contribution in [0.15, 0.2) is 36.4 Å². The molecule has 0 saturated heterocycles. The summed E-state index contributed by atoms with van der Waals surface area (Å²) in [6.45, 7) is 1.44.